The third-order valence-electron chi connectivity index (χ3n) is 3.97. The van der Waals surface area contributed by atoms with Crippen molar-refractivity contribution in [3.8, 4) is 0 Å². The molecule has 0 amide bonds. The number of rotatable bonds is 7. The van der Waals surface area contributed by atoms with Gasteiger partial charge in [0.1, 0.15) is 0 Å². The van der Waals surface area contributed by atoms with E-state index < -0.39 is 0 Å². The molecular weight excluding hydrogens is 234 g/mol. The van der Waals surface area contributed by atoms with Crippen LogP contribution in [0.2, 0.25) is 0 Å². The van der Waals surface area contributed by atoms with E-state index in [9.17, 15) is 0 Å². The molecule has 1 atom stereocenters. The summed E-state index contributed by atoms with van der Waals surface area (Å²) < 4.78 is 0. The van der Waals surface area contributed by atoms with Crippen molar-refractivity contribution in [1.29, 1.82) is 0 Å². The Morgan fingerprint density at radius 3 is 3.16 bits per heavy atom. The molecule has 2 heterocycles. The van der Waals surface area contributed by atoms with Crippen LogP contribution in [0.25, 0.3) is 0 Å². The van der Waals surface area contributed by atoms with Crippen LogP contribution < -0.4 is 5.32 Å². The zero-order valence-corrected chi connectivity index (χ0v) is 12.1. The summed E-state index contributed by atoms with van der Waals surface area (Å²) >= 11 is 0. The lowest BCUT2D eigenvalue weighted by atomic mass is 10.0. The van der Waals surface area contributed by atoms with Crippen LogP contribution in [0.5, 0.6) is 0 Å². The van der Waals surface area contributed by atoms with Crippen LogP contribution in [-0.2, 0) is 6.42 Å². The van der Waals surface area contributed by atoms with Gasteiger partial charge in [0.25, 0.3) is 0 Å². The van der Waals surface area contributed by atoms with Crippen LogP contribution in [0.1, 0.15) is 38.2 Å². The molecule has 1 aromatic heterocycles. The van der Waals surface area contributed by atoms with Gasteiger partial charge < -0.3 is 5.32 Å². The highest BCUT2D eigenvalue weighted by Gasteiger charge is 2.21. The molecule has 3 nitrogen and oxygen atoms in total. The van der Waals surface area contributed by atoms with Crippen molar-refractivity contribution in [2.75, 3.05) is 26.2 Å². The number of nitrogens with one attached hydrogen (secondary N) is 1. The van der Waals surface area contributed by atoms with Crippen molar-refractivity contribution in [3.05, 3.63) is 30.1 Å². The summed E-state index contributed by atoms with van der Waals surface area (Å²) in [4.78, 5) is 6.86. The number of piperidine rings is 1. The lowest BCUT2D eigenvalue weighted by molar-refractivity contribution is 0.147. The van der Waals surface area contributed by atoms with E-state index in [1.807, 2.05) is 18.5 Å². The van der Waals surface area contributed by atoms with Gasteiger partial charge in [0, 0.05) is 31.5 Å². The van der Waals surface area contributed by atoms with Gasteiger partial charge in [-0.3, -0.25) is 9.88 Å². The lowest BCUT2D eigenvalue weighted by Gasteiger charge is -2.36. The average molecular weight is 261 g/mol. The van der Waals surface area contributed by atoms with Crippen LogP contribution in [-0.4, -0.2) is 42.1 Å². The molecule has 19 heavy (non-hydrogen) atoms. The van der Waals surface area contributed by atoms with Gasteiger partial charge >= 0.3 is 0 Å². The minimum atomic E-state index is 0.733. The van der Waals surface area contributed by atoms with Gasteiger partial charge in [0.05, 0.1) is 0 Å². The molecule has 1 aliphatic heterocycles. The molecule has 0 aliphatic carbocycles. The number of nitrogens with zero attached hydrogens (tertiary/aromatic N) is 2. The highest BCUT2D eigenvalue weighted by atomic mass is 15.2. The van der Waals surface area contributed by atoms with E-state index in [0.29, 0.717) is 0 Å². The second kappa shape index (κ2) is 8.28. The van der Waals surface area contributed by atoms with Gasteiger partial charge in [-0.05, 0) is 50.4 Å². The Hall–Kier alpha value is -0.930. The monoisotopic (exact) mass is 261 g/mol. The second-order valence-electron chi connectivity index (χ2n) is 5.50. The molecule has 0 saturated carbocycles. The molecular formula is C16H27N3. The fraction of sp³-hybridized carbons (Fsp3) is 0.688. The largest absolute Gasteiger partial charge is 0.315 e. The number of hydrogen-bond donors (Lipinski definition) is 1. The first-order valence-electron chi connectivity index (χ1n) is 7.74. The van der Waals surface area contributed by atoms with Crippen molar-refractivity contribution in [2.24, 2.45) is 0 Å². The predicted molar refractivity (Wildman–Crippen MR) is 80.3 cm³/mol. The molecule has 1 unspecified atom stereocenters. The molecule has 106 valence electrons. The summed E-state index contributed by atoms with van der Waals surface area (Å²) in [5.41, 5.74) is 1.35. The Labute approximate surface area is 117 Å². The minimum Gasteiger partial charge on any atom is -0.315 e. The molecule has 0 spiro atoms. The normalized spacial score (nSPS) is 20.6. The van der Waals surface area contributed by atoms with Crippen molar-refractivity contribution in [2.45, 2.75) is 45.1 Å². The third kappa shape index (κ3) is 4.92. The standard InChI is InChI=1S/C16H27N3/c1-2-9-17-14-16-7-3-4-11-19(16)12-8-15-6-5-10-18-13-15/h5-6,10,13,16-17H,2-4,7-9,11-12,14H2,1H3. The van der Waals surface area contributed by atoms with E-state index in [2.05, 4.69) is 28.2 Å². The maximum absolute atomic E-state index is 4.20. The topological polar surface area (TPSA) is 28.2 Å². The van der Waals surface area contributed by atoms with Crippen molar-refractivity contribution < 1.29 is 0 Å². The maximum Gasteiger partial charge on any atom is 0.0300 e. The maximum atomic E-state index is 4.20. The molecule has 0 radical (unpaired) electrons. The highest BCUT2D eigenvalue weighted by Crippen LogP contribution is 2.17. The predicted octanol–water partition coefficient (Wildman–Crippen LogP) is 2.48. The first-order chi connectivity index (χ1) is 9.40. The van der Waals surface area contributed by atoms with Crippen LogP contribution in [0.3, 0.4) is 0 Å². The molecule has 2 rings (SSSR count). The summed E-state index contributed by atoms with van der Waals surface area (Å²) in [6, 6.07) is 4.95. The van der Waals surface area contributed by atoms with E-state index in [1.54, 1.807) is 0 Å². The minimum absolute atomic E-state index is 0.733. The Bertz CT molecular complexity index is 339. The van der Waals surface area contributed by atoms with E-state index in [1.165, 1.54) is 44.3 Å². The summed E-state index contributed by atoms with van der Waals surface area (Å²) in [7, 11) is 0. The fourth-order valence-electron chi connectivity index (χ4n) is 2.85. The molecule has 1 fully saturated rings. The smallest absolute Gasteiger partial charge is 0.0300 e. The highest BCUT2D eigenvalue weighted by molar-refractivity contribution is 5.08. The van der Waals surface area contributed by atoms with Gasteiger partial charge in [-0.15, -0.1) is 0 Å². The summed E-state index contributed by atoms with van der Waals surface area (Å²) in [5.74, 6) is 0. The first-order valence-corrected chi connectivity index (χ1v) is 7.74. The fourth-order valence-corrected chi connectivity index (χ4v) is 2.85. The molecule has 1 saturated heterocycles. The van der Waals surface area contributed by atoms with Crippen molar-refractivity contribution in [1.82, 2.24) is 15.2 Å². The van der Waals surface area contributed by atoms with Crippen LogP contribution in [0.4, 0.5) is 0 Å². The summed E-state index contributed by atoms with van der Waals surface area (Å²) in [6.07, 6.45) is 10.3. The van der Waals surface area contributed by atoms with Gasteiger partial charge in [-0.25, -0.2) is 0 Å². The third-order valence-corrected chi connectivity index (χ3v) is 3.97. The summed E-state index contributed by atoms with van der Waals surface area (Å²) in [6.45, 7) is 6.96. The quantitative estimate of drug-likeness (QED) is 0.764. The number of pyridine rings is 1. The van der Waals surface area contributed by atoms with Crippen LogP contribution in [0, 0.1) is 0 Å². The Morgan fingerprint density at radius 1 is 1.42 bits per heavy atom. The van der Waals surface area contributed by atoms with Gasteiger partial charge in [0.15, 0.2) is 0 Å². The van der Waals surface area contributed by atoms with Crippen molar-refractivity contribution in [3.63, 3.8) is 0 Å². The molecule has 1 aliphatic rings. The number of likely N-dealkylation sites (tertiary alicyclic amines) is 1. The molecule has 1 aromatic rings. The van der Waals surface area contributed by atoms with Gasteiger partial charge in [0.2, 0.25) is 0 Å². The lowest BCUT2D eigenvalue weighted by Crippen LogP contribution is -2.46. The number of hydrogen-bond acceptors (Lipinski definition) is 3. The Balaban J connectivity index is 1.78. The summed E-state index contributed by atoms with van der Waals surface area (Å²) in [5, 5.41) is 3.58. The van der Waals surface area contributed by atoms with E-state index in [4.69, 9.17) is 0 Å². The second-order valence-corrected chi connectivity index (χ2v) is 5.50. The zero-order chi connectivity index (χ0) is 13.3. The van der Waals surface area contributed by atoms with Gasteiger partial charge in [-0.1, -0.05) is 19.4 Å². The zero-order valence-electron chi connectivity index (χ0n) is 12.1. The molecule has 3 heteroatoms. The first kappa shape index (κ1) is 14.5. The van der Waals surface area contributed by atoms with Crippen LogP contribution >= 0.6 is 0 Å². The molecule has 1 N–H and O–H groups in total. The van der Waals surface area contributed by atoms with E-state index >= 15 is 0 Å². The van der Waals surface area contributed by atoms with Crippen LogP contribution in [0.15, 0.2) is 24.5 Å². The molecule has 0 aromatic carbocycles. The Morgan fingerprint density at radius 2 is 2.37 bits per heavy atom. The molecule has 0 bridgehead atoms. The average Bonchev–Trinajstić information content (AvgIpc) is 2.48. The van der Waals surface area contributed by atoms with Gasteiger partial charge in [-0.2, -0.15) is 0 Å². The SMILES string of the molecule is CCCNCC1CCCCN1CCc1cccnc1. The number of aromatic nitrogens is 1. The van der Waals surface area contributed by atoms with E-state index in [-0.39, 0.29) is 0 Å². The van der Waals surface area contributed by atoms with Crippen molar-refractivity contribution >= 4 is 0 Å². The Kier molecular flexibility index (Phi) is 6.31. The van der Waals surface area contributed by atoms with E-state index in [0.717, 1.165) is 25.6 Å².